The zero-order chi connectivity index (χ0) is 13.2. The van der Waals surface area contributed by atoms with Crippen molar-refractivity contribution in [1.82, 2.24) is 10.2 Å². The van der Waals surface area contributed by atoms with Crippen molar-refractivity contribution in [2.45, 2.75) is 58.9 Å². The molecule has 1 atom stereocenters. The molecule has 0 saturated carbocycles. The van der Waals surface area contributed by atoms with Crippen LogP contribution < -0.4 is 5.32 Å². The number of nitrogens with one attached hydrogen (secondary N) is 1. The number of hydrogen-bond donors (Lipinski definition) is 1. The maximum atomic E-state index is 12.4. The molecule has 1 N–H and O–H groups in total. The van der Waals surface area contributed by atoms with Gasteiger partial charge in [-0.05, 0) is 44.6 Å². The van der Waals surface area contributed by atoms with Gasteiger partial charge in [0.25, 0.3) is 0 Å². The molecule has 2 rings (SSSR count). The van der Waals surface area contributed by atoms with Crippen LogP contribution in [0.4, 0.5) is 0 Å². The molecule has 0 aliphatic carbocycles. The predicted molar refractivity (Wildman–Crippen MR) is 74.4 cm³/mol. The van der Waals surface area contributed by atoms with Crippen LogP contribution in [0.5, 0.6) is 0 Å². The fourth-order valence-corrected chi connectivity index (χ4v) is 3.20. The third-order valence-electron chi connectivity index (χ3n) is 4.96. The third kappa shape index (κ3) is 2.87. The molecule has 2 fully saturated rings. The van der Waals surface area contributed by atoms with Gasteiger partial charge >= 0.3 is 0 Å². The van der Waals surface area contributed by atoms with Crippen LogP contribution >= 0.6 is 0 Å². The van der Waals surface area contributed by atoms with Gasteiger partial charge in [0.15, 0.2) is 0 Å². The summed E-state index contributed by atoms with van der Waals surface area (Å²) in [4.78, 5) is 14.5. The van der Waals surface area contributed by atoms with Gasteiger partial charge in [0, 0.05) is 24.5 Å². The van der Waals surface area contributed by atoms with E-state index in [9.17, 15) is 4.79 Å². The monoisotopic (exact) mass is 252 g/mol. The van der Waals surface area contributed by atoms with Gasteiger partial charge in [-0.1, -0.05) is 20.8 Å². The summed E-state index contributed by atoms with van der Waals surface area (Å²) < 4.78 is 0. The van der Waals surface area contributed by atoms with Crippen molar-refractivity contribution < 1.29 is 4.79 Å². The first-order chi connectivity index (χ1) is 8.54. The van der Waals surface area contributed by atoms with E-state index in [1.807, 2.05) is 0 Å². The summed E-state index contributed by atoms with van der Waals surface area (Å²) in [6.07, 6.45) is 5.95. The Balaban J connectivity index is 1.84. The highest BCUT2D eigenvalue weighted by Crippen LogP contribution is 2.29. The van der Waals surface area contributed by atoms with Gasteiger partial charge in [-0.2, -0.15) is 0 Å². The fourth-order valence-electron chi connectivity index (χ4n) is 3.20. The minimum absolute atomic E-state index is 0.182. The van der Waals surface area contributed by atoms with Crippen LogP contribution in [-0.2, 0) is 4.79 Å². The van der Waals surface area contributed by atoms with Gasteiger partial charge in [-0.3, -0.25) is 4.79 Å². The van der Waals surface area contributed by atoms with Gasteiger partial charge in [0.2, 0.25) is 5.91 Å². The maximum absolute atomic E-state index is 12.4. The number of carbonyl (C=O) groups excluding carboxylic acids is 1. The molecule has 2 saturated heterocycles. The van der Waals surface area contributed by atoms with Crippen molar-refractivity contribution in [3.63, 3.8) is 0 Å². The van der Waals surface area contributed by atoms with Crippen molar-refractivity contribution in [2.24, 2.45) is 11.3 Å². The van der Waals surface area contributed by atoms with Crippen LogP contribution in [0.25, 0.3) is 0 Å². The Hall–Kier alpha value is -0.570. The predicted octanol–water partition coefficient (Wildman–Crippen LogP) is 2.41. The lowest BCUT2D eigenvalue weighted by Gasteiger charge is -2.38. The summed E-state index contributed by atoms with van der Waals surface area (Å²) in [5.41, 5.74) is -0.182. The van der Waals surface area contributed by atoms with Crippen LogP contribution in [0.1, 0.15) is 52.9 Å². The number of carbonyl (C=O) groups is 1. The first-order valence-electron chi connectivity index (χ1n) is 7.57. The van der Waals surface area contributed by atoms with Crippen molar-refractivity contribution >= 4 is 5.91 Å². The first kappa shape index (κ1) is 13.9. The summed E-state index contributed by atoms with van der Waals surface area (Å²) in [5, 5.41) is 3.61. The summed E-state index contributed by atoms with van der Waals surface area (Å²) in [6, 6.07) is 0.724. The molecule has 0 aromatic rings. The van der Waals surface area contributed by atoms with Crippen molar-refractivity contribution in [2.75, 3.05) is 19.6 Å². The number of nitrogens with zero attached hydrogens (tertiary/aromatic N) is 1. The van der Waals surface area contributed by atoms with Crippen LogP contribution in [0.15, 0.2) is 0 Å². The van der Waals surface area contributed by atoms with Crippen molar-refractivity contribution in [1.29, 1.82) is 0 Å². The standard InChI is InChI=1S/C15H28N2O/c1-4-15(2,3)14(18)17-10-7-12(8-11-17)13-6-5-9-16-13/h12-13,16H,4-11H2,1-3H3. The molecular formula is C15H28N2O. The first-order valence-corrected chi connectivity index (χ1v) is 7.57. The van der Waals surface area contributed by atoms with Gasteiger partial charge in [-0.15, -0.1) is 0 Å². The second kappa shape index (κ2) is 5.60. The smallest absolute Gasteiger partial charge is 0.228 e. The SMILES string of the molecule is CCC(C)(C)C(=O)N1CCC(C2CCCN2)CC1. The molecule has 0 spiro atoms. The molecule has 1 unspecified atom stereocenters. The highest BCUT2D eigenvalue weighted by atomic mass is 16.2. The quantitative estimate of drug-likeness (QED) is 0.836. The van der Waals surface area contributed by atoms with E-state index in [2.05, 4.69) is 31.0 Å². The van der Waals surface area contributed by atoms with Crippen LogP contribution in [0.2, 0.25) is 0 Å². The average molecular weight is 252 g/mol. The number of amides is 1. The zero-order valence-corrected chi connectivity index (χ0v) is 12.2. The normalized spacial score (nSPS) is 26.6. The molecule has 104 valence electrons. The number of rotatable bonds is 3. The molecule has 3 heteroatoms. The largest absolute Gasteiger partial charge is 0.342 e. The molecule has 2 heterocycles. The Morgan fingerprint density at radius 1 is 1.28 bits per heavy atom. The summed E-state index contributed by atoms with van der Waals surface area (Å²) in [6.45, 7) is 9.36. The van der Waals surface area contributed by atoms with Crippen molar-refractivity contribution in [3.8, 4) is 0 Å². The Kier molecular flexibility index (Phi) is 4.31. The van der Waals surface area contributed by atoms with E-state index in [0.717, 1.165) is 31.5 Å². The van der Waals surface area contributed by atoms with Gasteiger partial charge in [0.05, 0.1) is 0 Å². The van der Waals surface area contributed by atoms with Gasteiger partial charge in [-0.25, -0.2) is 0 Å². The van der Waals surface area contributed by atoms with Crippen LogP contribution in [0.3, 0.4) is 0 Å². The Morgan fingerprint density at radius 3 is 2.44 bits per heavy atom. The highest BCUT2D eigenvalue weighted by molar-refractivity contribution is 5.81. The van der Waals surface area contributed by atoms with Crippen LogP contribution in [-0.4, -0.2) is 36.5 Å². The van der Waals surface area contributed by atoms with Gasteiger partial charge < -0.3 is 10.2 Å². The van der Waals surface area contributed by atoms with E-state index >= 15 is 0 Å². The molecule has 18 heavy (non-hydrogen) atoms. The summed E-state index contributed by atoms with van der Waals surface area (Å²) >= 11 is 0. The topological polar surface area (TPSA) is 32.3 Å². The lowest BCUT2D eigenvalue weighted by molar-refractivity contribution is -0.142. The van der Waals surface area contributed by atoms with Crippen LogP contribution in [0, 0.1) is 11.3 Å². The minimum Gasteiger partial charge on any atom is -0.342 e. The Labute approximate surface area is 111 Å². The Morgan fingerprint density at radius 2 is 1.94 bits per heavy atom. The average Bonchev–Trinajstić information content (AvgIpc) is 2.92. The third-order valence-corrected chi connectivity index (χ3v) is 4.96. The Bertz CT molecular complexity index is 287. The fraction of sp³-hybridized carbons (Fsp3) is 0.933. The highest BCUT2D eigenvalue weighted by Gasteiger charge is 2.34. The van der Waals surface area contributed by atoms with Crippen molar-refractivity contribution in [3.05, 3.63) is 0 Å². The van der Waals surface area contributed by atoms with Gasteiger partial charge in [0.1, 0.15) is 0 Å². The molecular weight excluding hydrogens is 224 g/mol. The maximum Gasteiger partial charge on any atom is 0.228 e. The molecule has 1 amide bonds. The second-order valence-electron chi connectivity index (χ2n) is 6.57. The molecule has 0 bridgehead atoms. The molecule has 0 radical (unpaired) electrons. The molecule has 0 aromatic carbocycles. The van der Waals surface area contributed by atoms with E-state index in [0.29, 0.717) is 5.91 Å². The number of likely N-dealkylation sites (tertiary alicyclic amines) is 1. The molecule has 2 aliphatic rings. The van der Waals surface area contributed by atoms with E-state index in [1.165, 1.54) is 32.2 Å². The second-order valence-corrected chi connectivity index (χ2v) is 6.57. The lowest BCUT2D eigenvalue weighted by Crippen LogP contribution is -2.47. The van der Waals surface area contributed by atoms with E-state index < -0.39 is 0 Å². The number of piperidine rings is 1. The zero-order valence-electron chi connectivity index (χ0n) is 12.2. The molecule has 0 aromatic heterocycles. The number of hydrogen-bond acceptors (Lipinski definition) is 2. The minimum atomic E-state index is -0.182. The molecule has 2 aliphatic heterocycles. The summed E-state index contributed by atoms with van der Waals surface area (Å²) in [7, 11) is 0. The van der Waals surface area contributed by atoms with E-state index in [1.54, 1.807) is 0 Å². The van der Waals surface area contributed by atoms with E-state index in [4.69, 9.17) is 0 Å². The molecule has 3 nitrogen and oxygen atoms in total. The summed E-state index contributed by atoms with van der Waals surface area (Å²) in [5.74, 6) is 1.14. The lowest BCUT2D eigenvalue weighted by atomic mass is 9.85. The van der Waals surface area contributed by atoms with E-state index in [-0.39, 0.29) is 5.41 Å².